The van der Waals surface area contributed by atoms with E-state index in [1.807, 2.05) is 66.7 Å². The van der Waals surface area contributed by atoms with Crippen molar-refractivity contribution in [2.45, 2.75) is 0 Å². The SMILES string of the molecule is COc1ccc(-c2noc(-c3ccc4c(c3)NN(C)N4C)n2)cc1. The summed E-state index contributed by atoms with van der Waals surface area (Å²) in [7, 11) is 5.58. The van der Waals surface area contributed by atoms with E-state index in [9.17, 15) is 0 Å². The van der Waals surface area contributed by atoms with E-state index in [0.717, 1.165) is 28.3 Å². The van der Waals surface area contributed by atoms with E-state index in [-0.39, 0.29) is 0 Å². The zero-order valence-electron chi connectivity index (χ0n) is 13.6. The molecule has 1 aliphatic heterocycles. The Morgan fingerprint density at radius 1 is 1.04 bits per heavy atom. The Balaban J connectivity index is 1.64. The van der Waals surface area contributed by atoms with Gasteiger partial charge in [0.1, 0.15) is 5.75 Å². The largest absolute Gasteiger partial charge is 0.497 e. The predicted octanol–water partition coefficient (Wildman–Crippen LogP) is 3.04. The highest BCUT2D eigenvalue weighted by molar-refractivity contribution is 5.78. The summed E-state index contributed by atoms with van der Waals surface area (Å²) < 4.78 is 10.6. The molecule has 0 spiro atoms. The van der Waals surface area contributed by atoms with E-state index in [1.165, 1.54) is 0 Å². The maximum atomic E-state index is 5.43. The number of methoxy groups -OCH3 is 1. The Morgan fingerprint density at radius 3 is 2.54 bits per heavy atom. The number of rotatable bonds is 3. The van der Waals surface area contributed by atoms with Gasteiger partial charge in [0.2, 0.25) is 5.82 Å². The molecule has 0 radical (unpaired) electrons. The van der Waals surface area contributed by atoms with Crippen molar-refractivity contribution in [2.24, 2.45) is 0 Å². The molecule has 0 atom stereocenters. The lowest BCUT2D eigenvalue weighted by Crippen LogP contribution is -2.34. The standard InChI is InChI=1S/C17H17N5O2/c1-21-15-9-6-12(10-14(15)19-22(21)2)17-18-16(20-24-17)11-4-7-13(23-3)8-5-11/h4-10,19H,1-3H3. The van der Waals surface area contributed by atoms with Gasteiger partial charge in [-0.1, -0.05) is 5.16 Å². The molecule has 1 aliphatic rings. The average molecular weight is 323 g/mol. The van der Waals surface area contributed by atoms with E-state index in [4.69, 9.17) is 9.26 Å². The number of fused-ring (bicyclic) bond motifs is 1. The molecular formula is C17H17N5O2. The van der Waals surface area contributed by atoms with Crippen LogP contribution in [-0.2, 0) is 0 Å². The van der Waals surface area contributed by atoms with Crippen molar-refractivity contribution < 1.29 is 9.26 Å². The van der Waals surface area contributed by atoms with Gasteiger partial charge in [0.05, 0.1) is 18.5 Å². The lowest BCUT2D eigenvalue weighted by atomic mass is 10.1. The van der Waals surface area contributed by atoms with Crippen LogP contribution in [0, 0.1) is 0 Å². The highest BCUT2D eigenvalue weighted by Crippen LogP contribution is 2.35. The van der Waals surface area contributed by atoms with Crippen molar-refractivity contribution in [1.29, 1.82) is 0 Å². The van der Waals surface area contributed by atoms with Gasteiger partial charge in [-0.3, -0.25) is 10.4 Å². The number of anilines is 2. The zero-order chi connectivity index (χ0) is 16.7. The van der Waals surface area contributed by atoms with Gasteiger partial charge in [-0.15, -0.1) is 5.12 Å². The van der Waals surface area contributed by atoms with Crippen molar-refractivity contribution >= 4 is 11.4 Å². The number of hydrazine groups is 2. The molecule has 0 unspecified atom stereocenters. The van der Waals surface area contributed by atoms with Crippen LogP contribution in [0.15, 0.2) is 47.0 Å². The average Bonchev–Trinajstić information content (AvgIpc) is 3.20. The summed E-state index contributed by atoms with van der Waals surface area (Å²) in [5.41, 5.74) is 7.11. The van der Waals surface area contributed by atoms with Gasteiger partial charge in [-0.2, -0.15) is 4.98 Å². The van der Waals surface area contributed by atoms with E-state index in [0.29, 0.717) is 11.7 Å². The molecule has 0 bridgehead atoms. The molecule has 0 aliphatic carbocycles. The third kappa shape index (κ3) is 2.35. The lowest BCUT2D eigenvalue weighted by molar-refractivity contribution is 0.412. The summed E-state index contributed by atoms with van der Waals surface area (Å²) in [6.45, 7) is 0. The minimum Gasteiger partial charge on any atom is -0.497 e. The number of nitrogens with one attached hydrogen (secondary N) is 1. The van der Waals surface area contributed by atoms with Crippen LogP contribution in [0.3, 0.4) is 0 Å². The molecule has 2 heterocycles. The van der Waals surface area contributed by atoms with E-state index in [1.54, 1.807) is 7.11 Å². The first-order chi connectivity index (χ1) is 11.7. The molecular weight excluding hydrogens is 306 g/mol. The van der Waals surface area contributed by atoms with E-state index >= 15 is 0 Å². The van der Waals surface area contributed by atoms with Crippen LogP contribution in [0.1, 0.15) is 0 Å². The molecule has 4 rings (SSSR count). The number of benzene rings is 2. The first-order valence-corrected chi connectivity index (χ1v) is 7.52. The van der Waals surface area contributed by atoms with Crippen LogP contribution in [0.4, 0.5) is 11.4 Å². The fraction of sp³-hybridized carbons (Fsp3) is 0.176. The Bertz CT molecular complexity index is 875. The molecule has 0 amide bonds. The van der Waals surface area contributed by atoms with Gasteiger partial charge >= 0.3 is 0 Å². The summed E-state index contributed by atoms with van der Waals surface area (Å²) in [6, 6.07) is 13.6. The number of ether oxygens (including phenoxy) is 1. The second-order valence-electron chi connectivity index (χ2n) is 5.54. The number of hydrogen-bond donors (Lipinski definition) is 1. The second-order valence-corrected chi connectivity index (χ2v) is 5.54. The third-order valence-corrected chi connectivity index (χ3v) is 4.10. The highest BCUT2D eigenvalue weighted by Gasteiger charge is 2.21. The summed E-state index contributed by atoms with van der Waals surface area (Å²) in [5, 5.41) is 8.00. The molecule has 1 aromatic heterocycles. The fourth-order valence-electron chi connectivity index (χ4n) is 2.65. The Morgan fingerprint density at radius 2 is 1.79 bits per heavy atom. The van der Waals surface area contributed by atoms with Crippen LogP contribution in [0.5, 0.6) is 5.75 Å². The van der Waals surface area contributed by atoms with Crippen molar-refractivity contribution in [1.82, 2.24) is 15.3 Å². The van der Waals surface area contributed by atoms with Crippen LogP contribution in [0.2, 0.25) is 0 Å². The summed E-state index contributed by atoms with van der Waals surface area (Å²) in [4.78, 5) is 4.50. The highest BCUT2D eigenvalue weighted by atomic mass is 16.5. The number of nitrogens with zero attached hydrogens (tertiary/aromatic N) is 4. The van der Waals surface area contributed by atoms with Crippen molar-refractivity contribution in [2.75, 3.05) is 31.6 Å². The molecule has 1 N–H and O–H groups in total. The quantitative estimate of drug-likeness (QED) is 0.794. The molecule has 0 saturated carbocycles. The number of hydrogen-bond acceptors (Lipinski definition) is 7. The van der Waals surface area contributed by atoms with E-state index < -0.39 is 0 Å². The Labute approximate surface area is 139 Å². The predicted molar refractivity (Wildman–Crippen MR) is 91.5 cm³/mol. The summed E-state index contributed by atoms with van der Waals surface area (Å²) >= 11 is 0. The van der Waals surface area contributed by atoms with E-state index in [2.05, 4.69) is 15.6 Å². The fourth-order valence-corrected chi connectivity index (χ4v) is 2.65. The van der Waals surface area contributed by atoms with Crippen molar-refractivity contribution in [3.63, 3.8) is 0 Å². The minimum atomic E-state index is 0.489. The Kier molecular flexibility index (Phi) is 3.35. The van der Waals surface area contributed by atoms with Gasteiger partial charge < -0.3 is 9.26 Å². The zero-order valence-corrected chi connectivity index (χ0v) is 13.6. The van der Waals surface area contributed by atoms with Gasteiger partial charge in [-0.05, 0) is 42.5 Å². The van der Waals surface area contributed by atoms with Crippen molar-refractivity contribution in [3.05, 3.63) is 42.5 Å². The van der Waals surface area contributed by atoms with Crippen LogP contribution >= 0.6 is 0 Å². The lowest BCUT2D eigenvalue weighted by Gasteiger charge is -2.19. The molecule has 0 fully saturated rings. The normalized spacial score (nSPS) is 13.7. The Hall–Kier alpha value is -3.06. The maximum absolute atomic E-state index is 5.43. The maximum Gasteiger partial charge on any atom is 0.258 e. The first-order valence-electron chi connectivity index (χ1n) is 7.52. The molecule has 3 aromatic rings. The summed E-state index contributed by atoms with van der Waals surface area (Å²) in [5.74, 6) is 1.83. The third-order valence-electron chi connectivity index (χ3n) is 4.10. The topological polar surface area (TPSA) is 66.7 Å². The number of aromatic nitrogens is 2. The van der Waals surface area contributed by atoms with Crippen LogP contribution < -0.4 is 15.2 Å². The monoisotopic (exact) mass is 323 g/mol. The molecule has 7 heteroatoms. The van der Waals surface area contributed by atoms with Gasteiger partial charge in [0.15, 0.2) is 0 Å². The molecule has 24 heavy (non-hydrogen) atoms. The smallest absolute Gasteiger partial charge is 0.258 e. The van der Waals surface area contributed by atoms with Gasteiger partial charge in [0.25, 0.3) is 5.89 Å². The van der Waals surface area contributed by atoms with Crippen LogP contribution in [-0.4, -0.2) is 36.5 Å². The van der Waals surface area contributed by atoms with Gasteiger partial charge in [-0.25, -0.2) is 0 Å². The van der Waals surface area contributed by atoms with Gasteiger partial charge in [0, 0.05) is 25.2 Å². The molecule has 0 saturated heterocycles. The molecule has 122 valence electrons. The summed E-state index contributed by atoms with van der Waals surface area (Å²) in [6.07, 6.45) is 0. The minimum absolute atomic E-state index is 0.489. The molecule has 7 nitrogen and oxygen atoms in total. The van der Waals surface area contributed by atoms with Crippen LogP contribution in [0.25, 0.3) is 22.8 Å². The van der Waals surface area contributed by atoms with Crippen molar-refractivity contribution in [3.8, 4) is 28.6 Å². The second kappa shape index (κ2) is 5.54. The molecule has 2 aromatic carbocycles. The first kappa shape index (κ1) is 14.5.